The largest absolute Gasteiger partial charge is 0.369 e. The summed E-state index contributed by atoms with van der Waals surface area (Å²) in [7, 11) is 0. The van der Waals surface area contributed by atoms with Crippen molar-refractivity contribution < 1.29 is 4.74 Å². The van der Waals surface area contributed by atoms with Gasteiger partial charge in [0.25, 0.3) is 0 Å². The number of hydrogen-bond acceptors (Lipinski definition) is 4. The van der Waals surface area contributed by atoms with Crippen LogP contribution < -0.4 is 5.32 Å². The van der Waals surface area contributed by atoms with Crippen molar-refractivity contribution >= 4 is 11.3 Å². The Labute approximate surface area is 88.5 Å². The Bertz CT molecular complexity index is 292. The van der Waals surface area contributed by atoms with Gasteiger partial charge in [0, 0.05) is 24.4 Å². The lowest BCUT2D eigenvalue weighted by Gasteiger charge is -2.21. The Morgan fingerprint density at radius 2 is 2.50 bits per heavy atom. The summed E-state index contributed by atoms with van der Waals surface area (Å²) in [6, 6.07) is 0. The Hall–Kier alpha value is -0.450. The van der Waals surface area contributed by atoms with Crippen LogP contribution in [-0.2, 0) is 4.74 Å². The van der Waals surface area contributed by atoms with E-state index in [0.717, 1.165) is 25.4 Å². The zero-order chi connectivity index (χ0) is 9.97. The maximum absolute atomic E-state index is 5.64. The molecule has 0 bridgehead atoms. The third-order valence-electron chi connectivity index (χ3n) is 2.29. The highest BCUT2D eigenvalue weighted by molar-refractivity contribution is 7.09. The van der Waals surface area contributed by atoms with Crippen molar-refractivity contribution in [2.75, 3.05) is 19.7 Å². The molecule has 1 aliphatic rings. The van der Waals surface area contributed by atoms with Crippen molar-refractivity contribution in [3.8, 4) is 0 Å². The lowest BCUT2D eigenvalue weighted by molar-refractivity contribution is 0.0253. The Morgan fingerprint density at radius 1 is 1.64 bits per heavy atom. The van der Waals surface area contributed by atoms with Crippen LogP contribution in [-0.4, -0.2) is 24.7 Å². The molecule has 0 aromatic carbocycles. The molecule has 1 fully saturated rings. The highest BCUT2D eigenvalue weighted by Crippen LogP contribution is 2.25. The second-order valence-corrected chi connectivity index (χ2v) is 4.72. The third-order valence-corrected chi connectivity index (χ3v) is 3.45. The average Bonchev–Trinajstić information content (AvgIpc) is 2.68. The van der Waals surface area contributed by atoms with E-state index in [2.05, 4.69) is 29.5 Å². The van der Waals surface area contributed by atoms with Gasteiger partial charge in [0.05, 0.1) is 17.3 Å². The van der Waals surface area contributed by atoms with E-state index < -0.39 is 0 Å². The van der Waals surface area contributed by atoms with Crippen LogP contribution in [0.1, 0.15) is 36.6 Å². The monoisotopic (exact) mass is 212 g/mol. The molecule has 1 aliphatic heterocycles. The lowest BCUT2D eigenvalue weighted by Crippen LogP contribution is -2.33. The molecular formula is C10H16N2OS. The van der Waals surface area contributed by atoms with Gasteiger partial charge in [0.1, 0.15) is 6.10 Å². The van der Waals surface area contributed by atoms with Crippen molar-refractivity contribution in [2.45, 2.75) is 25.9 Å². The van der Waals surface area contributed by atoms with Crippen LogP contribution in [0.4, 0.5) is 0 Å². The molecule has 2 rings (SSSR count). The standard InChI is InChI=1S/C10H16N2OS/c1-7(2)10-12-8(6-14-10)9-5-11-3-4-13-9/h6-7,9,11H,3-5H2,1-2H3. The maximum Gasteiger partial charge on any atom is 0.113 e. The summed E-state index contributed by atoms with van der Waals surface area (Å²) in [6.07, 6.45) is 0.160. The molecule has 1 saturated heterocycles. The van der Waals surface area contributed by atoms with E-state index in [0.29, 0.717) is 5.92 Å². The number of ether oxygens (including phenoxy) is 1. The summed E-state index contributed by atoms with van der Waals surface area (Å²) >= 11 is 1.73. The molecule has 0 amide bonds. The minimum absolute atomic E-state index is 0.160. The second kappa shape index (κ2) is 4.38. The van der Waals surface area contributed by atoms with E-state index in [-0.39, 0.29) is 6.10 Å². The molecule has 0 saturated carbocycles. The predicted molar refractivity (Wildman–Crippen MR) is 57.8 cm³/mol. The van der Waals surface area contributed by atoms with Crippen LogP contribution >= 0.6 is 11.3 Å². The van der Waals surface area contributed by atoms with Gasteiger partial charge in [-0.1, -0.05) is 13.8 Å². The molecule has 2 heterocycles. The first kappa shape index (κ1) is 10.1. The van der Waals surface area contributed by atoms with E-state index in [4.69, 9.17) is 4.74 Å². The van der Waals surface area contributed by atoms with Gasteiger partial charge >= 0.3 is 0 Å². The molecule has 1 N–H and O–H groups in total. The smallest absolute Gasteiger partial charge is 0.113 e. The molecule has 1 aromatic rings. The fourth-order valence-electron chi connectivity index (χ4n) is 1.47. The minimum Gasteiger partial charge on any atom is -0.369 e. The van der Waals surface area contributed by atoms with Gasteiger partial charge < -0.3 is 10.1 Å². The number of nitrogens with zero attached hydrogens (tertiary/aromatic N) is 1. The number of nitrogens with one attached hydrogen (secondary N) is 1. The maximum atomic E-state index is 5.64. The molecule has 0 radical (unpaired) electrons. The molecular weight excluding hydrogens is 196 g/mol. The third kappa shape index (κ3) is 2.13. The van der Waals surface area contributed by atoms with E-state index >= 15 is 0 Å². The van der Waals surface area contributed by atoms with Gasteiger partial charge in [-0.05, 0) is 0 Å². The van der Waals surface area contributed by atoms with Gasteiger partial charge in [0.2, 0.25) is 0 Å². The summed E-state index contributed by atoms with van der Waals surface area (Å²) in [4.78, 5) is 4.59. The normalized spacial score (nSPS) is 22.9. The molecule has 14 heavy (non-hydrogen) atoms. The van der Waals surface area contributed by atoms with E-state index in [1.807, 2.05) is 0 Å². The minimum atomic E-state index is 0.160. The van der Waals surface area contributed by atoms with Crippen molar-refractivity contribution in [3.05, 3.63) is 16.1 Å². The number of rotatable bonds is 2. The number of aromatic nitrogens is 1. The number of thiazole rings is 1. The van der Waals surface area contributed by atoms with E-state index in [1.165, 1.54) is 5.01 Å². The predicted octanol–water partition coefficient (Wildman–Crippen LogP) is 1.93. The summed E-state index contributed by atoms with van der Waals surface area (Å²) in [5.41, 5.74) is 1.09. The SMILES string of the molecule is CC(C)c1nc(C2CNCCO2)cs1. The highest BCUT2D eigenvalue weighted by Gasteiger charge is 2.18. The Morgan fingerprint density at radius 3 is 3.07 bits per heavy atom. The zero-order valence-electron chi connectivity index (χ0n) is 8.62. The van der Waals surface area contributed by atoms with Crippen LogP contribution in [0.5, 0.6) is 0 Å². The first-order chi connectivity index (χ1) is 6.77. The van der Waals surface area contributed by atoms with E-state index in [1.54, 1.807) is 11.3 Å². The van der Waals surface area contributed by atoms with Crippen LogP contribution in [0.3, 0.4) is 0 Å². The van der Waals surface area contributed by atoms with Gasteiger partial charge in [-0.15, -0.1) is 11.3 Å². The quantitative estimate of drug-likeness (QED) is 0.813. The van der Waals surface area contributed by atoms with Gasteiger partial charge in [-0.3, -0.25) is 0 Å². The topological polar surface area (TPSA) is 34.2 Å². The van der Waals surface area contributed by atoms with Crippen LogP contribution in [0.2, 0.25) is 0 Å². The zero-order valence-corrected chi connectivity index (χ0v) is 9.43. The summed E-state index contributed by atoms with van der Waals surface area (Å²) in [5.74, 6) is 0.519. The second-order valence-electron chi connectivity index (χ2n) is 3.83. The van der Waals surface area contributed by atoms with Crippen molar-refractivity contribution in [3.63, 3.8) is 0 Å². The van der Waals surface area contributed by atoms with E-state index in [9.17, 15) is 0 Å². The average molecular weight is 212 g/mol. The molecule has 0 spiro atoms. The van der Waals surface area contributed by atoms with Crippen LogP contribution in [0.15, 0.2) is 5.38 Å². The first-order valence-corrected chi connectivity index (χ1v) is 5.93. The molecule has 1 aromatic heterocycles. The molecule has 0 aliphatic carbocycles. The van der Waals surface area contributed by atoms with Crippen molar-refractivity contribution in [1.82, 2.24) is 10.3 Å². The molecule has 1 atom stereocenters. The Balaban J connectivity index is 2.07. The van der Waals surface area contributed by atoms with Crippen molar-refractivity contribution in [2.24, 2.45) is 0 Å². The fourth-order valence-corrected chi connectivity index (χ4v) is 2.35. The summed E-state index contributed by atoms with van der Waals surface area (Å²) in [6.45, 7) is 6.98. The van der Waals surface area contributed by atoms with Gasteiger partial charge in [-0.25, -0.2) is 4.98 Å². The summed E-state index contributed by atoms with van der Waals surface area (Å²) in [5, 5.41) is 6.63. The molecule has 3 nitrogen and oxygen atoms in total. The van der Waals surface area contributed by atoms with Gasteiger partial charge in [-0.2, -0.15) is 0 Å². The highest BCUT2D eigenvalue weighted by atomic mass is 32.1. The molecule has 4 heteroatoms. The summed E-state index contributed by atoms with van der Waals surface area (Å²) < 4.78 is 5.64. The van der Waals surface area contributed by atoms with Crippen LogP contribution in [0, 0.1) is 0 Å². The number of morpholine rings is 1. The van der Waals surface area contributed by atoms with Crippen LogP contribution in [0.25, 0.3) is 0 Å². The number of hydrogen-bond donors (Lipinski definition) is 1. The first-order valence-electron chi connectivity index (χ1n) is 5.05. The Kier molecular flexibility index (Phi) is 3.15. The van der Waals surface area contributed by atoms with Gasteiger partial charge in [0.15, 0.2) is 0 Å². The molecule has 78 valence electrons. The molecule has 1 unspecified atom stereocenters. The van der Waals surface area contributed by atoms with Crippen molar-refractivity contribution in [1.29, 1.82) is 0 Å². The fraction of sp³-hybridized carbons (Fsp3) is 0.700. The lowest BCUT2D eigenvalue weighted by atomic mass is 10.2.